The minimum Gasteiger partial charge on any atom is -0.469 e. The summed E-state index contributed by atoms with van der Waals surface area (Å²) in [5, 5.41) is 6.53. The second kappa shape index (κ2) is 16.5. The fraction of sp³-hybridized carbons (Fsp3) is 0.857. The summed E-state index contributed by atoms with van der Waals surface area (Å²) in [6, 6.07) is 0. The highest BCUT2D eigenvalue weighted by molar-refractivity contribution is 14.0. The summed E-state index contributed by atoms with van der Waals surface area (Å²) in [6.45, 7) is 6.87. The van der Waals surface area contributed by atoms with Crippen molar-refractivity contribution in [3.05, 3.63) is 0 Å². The molecule has 0 aliphatic heterocycles. The van der Waals surface area contributed by atoms with Crippen LogP contribution in [-0.4, -0.2) is 38.7 Å². The van der Waals surface area contributed by atoms with Gasteiger partial charge in [0.15, 0.2) is 5.96 Å². The summed E-state index contributed by atoms with van der Waals surface area (Å²) in [5.41, 5.74) is 0. The number of methoxy groups -OCH3 is 1. The molecule has 0 heterocycles. The number of guanidine groups is 1. The van der Waals surface area contributed by atoms with Gasteiger partial charge in [-0.05, 0) is 26.2 Å². The van der Waals surface area contributed by atoms with Crippen molar-refractivity contribution in [3.8, 4) is 0 Å². The molecule has 0 aromatic carbocycles. The number of esters is 1. The van der Waals surface area contributed by atoms with Crippen LogP contribution in [-0.2, 0) is 9.53 Å². The number of aliphatic imine (C=N–C) groups is 1. The molecule has 20 heavy (non-hydrogen) atoms. The number of unbranched alkanes of at least 4 members (excludes halogenated alkanes) is 3. The Morgan fingerprint density at radius 1 is 1.10 bits per heavy atom. The number of rotatable bonds is 10. The highest BCUT2D eigenvalue weighted by atomic mass is 127. The number of nitrogens with one attached hydrogen (secondary N) is 2. The van der Waals surface area contributed by atoms with Gasteiger partial charge in [-0.2, -0.15) is 0 Å². The predicted octanol–water partition coefficient (Wildman–Crippen LogP) is 2.69. The molecule has 0 radical (unpaired) electrons. The smallest absolute Gasteiger partial charge is 0.305 e. The van der Waals surface area contributed by atoms with E-state index in [1.54, 1.807) is 0 Å². The average Bonchev–Trinajstić information content (AvgIpc) is 2.42. The summed E-state index contributed by atoms with van der Waals surface area (Å²) < 4.78 is 4.60. The van der Waals surface area contributed by atoms with Crippen molar-refractivity contribution < 1.29 is 9.53 Å². The van der Waals surface area contributed by atoms with Gasteiger partial charge in [0.1, 0.15) is 0 Å². The Morgan fingerprint density at radius 2 is 1.85 bits per heavy atom. The van der Waals surface area contributed by atoms with Gasteiger partial charge in [-0.1, -0.05) is 19.8 Å². The molecule has 0 unspecified atom stereocenters. The van der Waals surface area contributed by atoms with Crippen LogP contribution in [0, 0.1) is 0 Å². The molecule has 0 rings (SSSR count). The van der Waals surface area contributed by atoms with Gasteiger partial charge in [0.2, 0.25) is 0 Å². The minimum absolute atomic E-state index is 0. The Balaban J connectivity index is 0. The van der Waals surface area contributed by atoms with E-state index in [1.165, 1.54) is 13.5 Å². The van der Waals surface area contributed by atoms with Crippen molar-refractivity contribution in [2.24, 2.45) is 4.99 Å². The summed E-state index contributed by atoms with van der Waals surface area (Å²) in [4.78, 5) is 15.4. The third-order valence-corrected chi connectivity index (χ3v) is 2.70. The lowest BCUT2D eigenvalue weighted by Crippen LogP contribution is -2.37. The quantitative estimate of drug-likeness (QED) is 0.195. The monoisotopic (exact) mass is 399 g/mol. The third-order valence-electron chi connectivity index (χ3n) is 2.70. The van der Waals surface area contributed by atoms with E-state index in [0.717, 1.165) is 51.3 Å². The number of hydrogen-bond acceptors (Lipinski definition) is 3. The van der Waals surface area contributed by atoms with Gasteiger partial charge in [0.05, 0.1) is 7.11 Å². The first-order valence-corrected chi connectivity index (χ1v) is 7.33. The average molecular weight is 399 g/mol. The van der Waals surface area contributed by atoms with Crippen LogP contribution in [0.5, 0.6) is 0 Å². The maximum Gasteiger partial charge on any atom is 0.305 e. The molecule has 0 bridgehead atoms. The summed E-state index contributed by atoms with van der Waals surface area (Å²) in [6.07, 6.45) is 5.73. The first-order valence-electron chi connectivity index (χ1n) is 7.33. The molecule has 0 aliphatic carbocycles. The number of halogens is 1. The van der Waals surface area contributed by atoms with Crippen LogP contribution in [0.4, 0.5) is 0 Å². The highest BCUT2D eigenvalue weighted by Gasteiger charge is 1.99. The van der Waals surface area contributed by atoms with Crippen LogP contribution in [0.1, 0.15) is 52.4 Å². The second-order valence-corrected chi connectivity index (χ2v) is 4.43. The van der Waals surface area contributed by atoms with E-state index in [2.05, 4.69) is 34.2 Å². The van der Waals surface area contributed by atoms with Crippen LogP contribution in [0.15, 0.2) is 4.99 Å². The molecule has 0 fully saturated rings. The maximum absolute atomic E-state index is 10.9. The normalized spacial score (nSPS) is 10.7. The topological polar surface area (TPSA) is 62.7 Å². The molecule has 0 atom stereocenters. The molecule has 120 valence electrons. The Morgan fingerprint density at radius 3 is 2.45 bits per heavy atom. The predicted molar refractivity (Wildman–Crippen MR) is 94.8 cm³/mol. The summed E-state index contributed by atoms with van der Waals surface area (Å²) in [7, 11) is 1.43. The largest absolute Gasteiger partial charge is 0.469 e. The number of carbonyl (C=O) groups excluding carboxylic acids is 1. The van der Waals surface area contributed by atoms with Gasteiger partial charge in [0, 0.05) is 26.1 Å². The van der Waals surface area contributed by atoms with Crippen molar-refractivity contribution in [3.63, 3.8) is 0 Å². The third kappa shape index (κ3) is 13.9. The van der Waals surface area contributed by atoms with Crippen LogP contribution in [0.25, 0.3) is 0 Å². The van der Waals surface area contributed by atoms with E-state index in [4.69, 9.17) is 0 Å². The highest BCUT2D eigenvalue weighted by Crippen LogP contribution is 2.01. The Hall–Kier alpha value is -0.530. The summed E-state index contributed by atoms with van der Waals surface area (Å²) in [5.74, 6) is 0.766. The zero-order valence-electron chi connectivity index (χ0n) is 13.0. The standard InChI is InChI=1S/C14H29N3O2.HI/c1-4-6-11-16-14(15-5-2)17-12-9-7-8-10-13(18)19-3;/h4-12H2,1-3H3,(H2,15,16,17);1H. The molecular weight excluding hydrogens is 369 g/mol. The van der Waals surface area contributed by atoms with E-state index in [9.17, 15) is 4.79 Å². The van der Waals surface area contributed by atoms with E-state index in [-0.39, 0.29) is 29.9 Å². The fourth-order valence-electron chi connectivity index (χ4n) is 1.58. The van der Waals surface area contributed by atoms with E-state index in [1.807, 2.05) is 0 Å². The van der Waals surface area contributed by atoms with Gasteiger partial charge < -0.3 is 15.4 Å². The SMILES string of the molecule is CCCCNC(=NCCCCCC(=O)OC)NCC.I. The molecule has 0 amide bonds. The Kier molecular flexibility index (Phi) is 18.0. The van der Waals surface area contributed by atoms with Gasteiger partial charge >= 0.3 is 5.97 Å². The molecule has 0 spiro atoms. The first-order chi connectivity index (χ1) is 9.24. The maximum atomic E-state index is 10.9. The van der Waals surface area contributed by atoms with E-state index >= 15 is 0 Å². The molecule has 2 N–H and O–H groups in total. The van der Waals surface area contributed by atoms with Crippen molar-refractivity contribution in [2.75, 3.05) is 26.7 Å². The lowest BCUT2D eigenvalue weighted by Gasteiger charge is -2.10. The van der Waals surface area contributed by atoms with Crippen LogP contribution >= 0.6 is 24.0 Å². The number of carbonyl (C=O) groups is 1. The van der Waals surface area contributed by atoms with Gasteiger partial charge in [0.25, 0.3) is 0 Å². The van der Waals surface area contributed by atoms with Gasteiger partial charge in [-0.25, -0.2) is 0 Å². The Labute approximate surface area is 140 Å². The van der Waals surface area contributed by atoms with Gasteiger partial charge in [-0.15, -0.1) is 24.0 Å². The lowest BCUT2D eigenvalue weighted by molar-refractivity contribution is -0.140. The van der Waals surface area contributed by atoms with Crippen LogP contribution in [0.2, 0.25) is 0 Å². The van der Waals surface area contributed by atoms with Gasteiger partial charge in [-0.3, -0.25) is 9.79 Å². The minimum atomic E-state index is -0.127. The van der Waals surface area contributed by atoms with E-state index < -0.39 is 0 Å². The zero-order chi connectivity index (χ0) is 14.3. The van der Waals surface area contributed by atoms with E-state index in [0.29, 0.717) is 6.42 Å². The molecule has 0 aromatic rings. The molecule has 0 aromatic heterocycles. The number of nitrogens with zero attached hydrogens (tertiary/aromatic N) is 1. The van der Waals surface area contributed by atoms with Crippen molar-refractivity contribution in [2.45, 2.75) is 52.4 Å². The summed E-state index contributed by atoms with van der Waals surface area (Å²) >= 11 is 0. The number of hydrogen-bond donors (Lipinski definition) is 2. The van der Waals surface area contributed by atoms with Crippen LogP contribution < -0.4 is 10.6 Å². The first kappa shape index (κ1) is 21.8. The molecular formula is C14H30IN3O2. The van der Waals surface area contributed by atoms with Crippen molar-refractivity contribution in [1.29, 1.82) is 0 Å². The number of ether oxygens (including phenoxy) is 1. The van der Waals surface area contributed by atoms with Crippen LogP contribution in [0.3, 0.4) is 0 Å². The molecule has 6 heteroatoms. The lowest BCUT2D eigenvalue weighted by atomic mass is 10.2. The Bertz CT molecular complexity index is 261. The molecule has 0 aliphatic rings. The van der Waals surface area contributed by atoms with Crippen molar-refractivity contribution >= 4 is 35.9 Å². The molecule has 0 saturated carbocycles. The second-order valence-electron chi connectivity index (χ2n) is 4.43. The molecule has 0 saturated heterocycles. The van der Waals surface area contributed by atoms with Crippen molar-refractivity contribution in [1.82, 2.24) is 10.6 Å². The fourth-order valence-corrected chi connectivity index (χ4v) is 1.58. The molecule has 5 nitrogen and oxygen atoms in total. The zero-order valence-corrected chi connectivity index (χ0v) is 15.4.